The largest absolute Gasteiger partial charge is 0.376 e. The molecule has 1 aliphatic heterocycles. The summed E-state index contributed by atoms with van der Waals surface area (Å²) in [6.07, 6.45) is 9.20. The van der Waals surface area contributed by atoms with Crippen LogP contribution in [0.5, 0.6) is 0 Å². The summed E-state index contributed by atoms with van der Waals surface area (Å²) in [6, 6.07) is 1.03. The van der Waals surface area contributed by atoms with E-state index in [0.717, 1.165) is 12.6 Å². The Hall–Kier alpha value is -1.03. The molecule has 1 saturated heterocycles. The van der Waals surface area contributed by atoms with E-state index in [1.54, 1.807) is 0 Å². The molecule has 1 N–H and O–H groups in total. The number of hydrogen-bond acceptors (Lipinski definition) is 3. The van der Waals surface area contributed by atoms with Gasteiger partial charge in [-0.3, -0.25) is 0 Å². The monoisotopic (exact) mass is 221 g/mol. The molecule has 0 amide bonds. The highest BCUT2D eigenvalue weighted by atomic mass is 16.5. The predicted octanol–water partition coefficient (Wildman–Crippen LogP) is 2.20. The van der Waals surface area contributed by atoms with E-state index in [0.29, 0.717) is 18.2 Å². The Labute approximate surface area is 96.0 Å². The molecule has 2 fully saturated rings. The van der Waals surface area contributed by atoms with Gasteiger partial charge < -0.3 is 14.6 Å². The fraction of sp³-hybridized carbons (Fsp3) is 0.750. The molecule has 88 valence electrons. The van der Waals surface area contributed by atoms with Crippen molar-refractivity contribution in [2.24, 2.45) is 0 Å². The quantitative estimate of drug-likeness (QED) is 0.847. The minimum absolute atomic E-state index is 0.356. The van der Waals surface area contributed by atoms with Gasteiger partial charge in [0.25, 0.3) is 0 Å². The average molecular weight is 221 g/mol. The maximum absolute atomic E-state index is 5.74. The van der Waals surface area contributed by atoms with Crippen LogP contribution in [0.3, 0.4) is 0 Å². The maximum atomic E-state index is 5.74. The second-order valence-electron chi connectivity index (χ2n) is 4.87. The summed E-state index contributed by atoms with van der Waals surface area (Å²) >= 11 is 0. The van der Waals surface area contributed by atoms with Crippen molar-refractivity contribution in [2.75, 3.05) is 11.9 Å². The molecule has 0 bridgehead atoms. The van der Waals surface area contributed by atoms with Crippen molar-refractivity contribution in [3.63, 3.8) is 0 Å². The van der Waals surface area contributed by atoms with Gasteiger partial charge in [-0.15, -0.1) is 0 Å². The van der Waals surface area contributed by atoms with Crippen molar-refractivity contribution in [1.82, 2.24) is 9.55 Å². The van der Waals surface area contributed by atoms with Gasteiger partial charge in [0.2, 0.25) is 5.95 Å². The lowest BCUT2D eigenvalue weighted by atomic mass is 10.1. The summed E-state index contributed by atoms with van der Waals surface area (Å²) in [5.41, 5.74) is 0. The van der Waals surface area contributed by atoms with Gasteiger partial charge in [0, 0.05) is 25.0 Å². The number of hydrogen-bond donors (Lipinski definition) is 1. The topological polar surface area (TPSA) is 39.1 Å². The molecule has 1 aliphatic carbocycles. The van der Waals surface area contributed by atoms with Crippen molar-refractivity contribution in [1.29, 1.82) is 0 Å². The number of rotatable bonds is 4. The average Bonchev–Trinajstić information content (AvgIpc) is 2.82. The molecular formula is C12H19N3O. The number of nitrogens with zero attached hydrogens (tertiary/aromatic N) is 2. The zero-order chi connectivity index (χ0) is 11.0. The van der Waals surface area contributed by atoms with E-state index < -0.39 is 0 Å². The molecule has 3 rings (SSSR count). The Bertz CT molecular complexity index is 353. The zero-order valence-corrected chi connectivity index (χ0v) is 9.72. The first-order valence-electron chi connectivity index (χ1n) is 6.25. The first-order chi connectivity index (χ1) is 7.84. The van der Waals surface area contributed by atoms with E-state index in [1.165, 1.54) is 25.7 Å². The van der Waals surface area contributed by atoms with Crippen LogP contribution in [0.25, 0.3) is 0 Å². The van der Waals surface area contributed by atoms with Crippen LogP contribution in [0, 0.1) is 0 Å². The molecule has 1 saturated carbocycles. The third kappa shape index (κ3) is 1.94. The van der Waals surface area contributed by atoms with Crippen LogP contribution < -0.4 is 5.32 Å². The molecule has 0 spiro atoms. The van der Waals surface area contributed by atoms with Crippen LogP contribution in [0.2, 0.25) is 0 Å². The molecule has 0 aromatic carbocycles. The van der Waals surface area contributed by atoms with E-state index in [1.807, 2.05) is 6.20 Å². The minimum Gasteiger partial charge on any atom is -0.376 e. The van der Waals surface area contributed by atoms with E-state index in [9.17, 15) is 0 Å². The van der Waals surface area contributed by atoms with Gasteiger partial charge in [0.1, 0.15) is 0 Å². The number of anilines is 1. The standard InChI is InChI=1S/C12H19N3O/c1-9(11-3-2-8-16-11)15-7-6-13-12(15)14-10-4-5-10/h6-7,9-11H,2-5,8H2,1H3,(H,13,14). The van der Waals surface area contributed by atoms with Gasteiger partial charge in [0.05, 0.1) is 12.1 Å². The molecule has 4 heteroatoms. The fourth-order valence-corrected chi connectivity index (χ4v) is 2.33. The van der Waals surface area contributed by atoms with Gasteiger partial charge >= 0.3 is 0 Å². The van der Waals surface area contributed by atoms with Gasteiger partial charge in [-0.2, -0.15) is 0 Å². The van der Waals surface area contributed by atoms with Gasteiger partial charge in [-0.25, -0.2) is 4.98 Å². The third-order valence-electron chi connectivity index (χ3n) is 3.52. The summed E-state index contributed by atoms with van der Waals surface area (Å²) in [6.45, 7) is 3.13. The van der Waals surface area contributed by atoms with Crippen molar-refractivity contribution < 1.29 is 4.74 Å². The molecule has 16 heavy (non-hydrogen) atoms. The van der Waals surface area contributed by atoms with Crippen molar-refractivity contribution in [3.8, 4) is 0 Å². The molecule has 4 nitrogen and oxygen atoms in total. The third-order valence-corrected chi connectivity index (χ3v) is 3.52. The van der Waals surface area contributed by atoms with Gasteiger partial charge in [-0.05, 0) is 32.6 Å². The normalized spacial score (nSPS) is 26.9. The maximum Gasteiger partial charge on any atom is 0.203 e. The van der Waals surface area contributed by atoms with E-state index in [2.05, 4.69) is 28.0 Å². The first-order valence-corrected chi connectivity index (χ1v) is 6.25. The highest BCUT2D eigenvalue weighted by Crippen LogP contribution is 2.29. The Kier molecular flexibility index (Phi) is 2.59. The molecule has 0 radical (unpaired) electrons. The second kappa shape index (κ2) is 4.09. The van der Waals surface area contributed by atoms with Crippen LogP contribution in [0.15, 0.2) is 12.4 Å². The van der Waals surface area contributed by atoms with E-state index in [-0.39, 0.29) is 0 Å². The second-order valence-corrected chi connectivity index (χ2v) is 4.87. The van der Waals surface area contributed by atoms with Crippen LogP contribution in [-0.2, 0) is 4.74 Å². The molecule has 2 heterocycles. The van der Waals surface area contributed by atoms with Crippen LogP contribution in [-0.4, -0.2) is 28.3 Å². The number of imidazole rings is 1. The highest BCUT2D eigenvalue weighted by Gasteiger charge is 2.27. The predicted molar refractivity (Wildman–Crippen MR) is 62.6 cm³/mol. The molecule has 1 aromatic rings. The van der Waals surface area contributed by atoms with Crippen LogP contribution >= 0.6 is 0 Å². The number of nitrogens with one attached hydrogen (secondary N) is 1. The summed E-state index contributed by atoms with van der Waals surface area (Å²) in [5.74, 6) is 1.01. The first kappa shape index (κ1) is 10.1. The van der Waals surface area contributed by atoms with E-state index >= 15 is 0 Å². The molecular weight excluding hydrogens is 202 g/mol. The lowest BCUT2D eigenvalue weighted by Crippen LogP contribution is -2.22. The smallest absolute Gasteiger partial charge is 0.203 e. The summed E-state index contributed by atoms with van der Waals surface area (Å²) < 4.78 is 7.95. The number of aromatic nitrogens is 2. The Morgan fingerprint density at radius 1 is 1.50 bits per heavy atom. The lowest BCUT2D eigenvalue weighted by molar-refractivity contribution is 0.0738. The van der Waals surface area contributed by atoms with Gasteiger partial charge in [-0.1, -0.05) is 0 Å². The highest BCUT2D eigenvalue weighted by molar-refractivity contribution is 5.30. The summed E-state index contributed by atoms with van der Waals surface area (Å²) in [7, 11) is 0. The molecule has 2 aliphatic rings. The Balaban J connectivity index is 1.73. The van der Waals surface area contributed by atoms with E-state index in [4.69, 9.17) is 4.74 Å². The summed E-state index contributed by atoms with van der Waals surface area (Å²) in [5, 5.41) is 3.47. The molecule has 2 atom stereocenters. The lowest BCUT2D eigenvalue weighted by Gasteiger charge is -2.22. The van der Waals surface area contributed by atoms with Crippen molar-refractivity contribution in [3.05, 3.63) is 12.4 Å². The zero-order valence-electron chi connectivity index (χ0n) is 9.72. The fourth-order valence-electron chi connectivity index (χ4n) is 2.33. The molecule has 1 aromatic heterocycles. The number of ether oxygens (including phenoxy) is 1. The Morgan fingerprint density at radius 3 is 3.06 bits per heavy atom. The minimum atomic E-state index is 0.356. The van der Waals surface area contributed by atoms with Crippen molar-refractivity contribution >= 4 is 5.95 Å². The van der Waals surface area contributed by atoms with Gasteiger partial charge in [0.15, 0.2) is 0 Å². The van der Waals surface area contributed by atoms with Crippen LogP contribution in [0.1, 0.15) is 38.6 Å². The SMILES string of the molecule is CC(C1CCCO1)n1ccnc1NC1CC1. The molecule has 2 unspecified atom stereocenters. The van der Waals surface area contributed by atoms with Crippen molar-refractivity contribution in [2.45, 2.75) is 50.8 Å². The summed E-state index contributed by atoms with van der Waals surface area (Å²) in [4.78, 5) is 4.39. The van der Waals surface area contributed by atoms with Crippen LogP contribution in [0.4, 0.5) is 5.95 Å². The Morgan fingerprint density at radius 2 is 2.38 bits per heavy atom.